The lowest BCUT2D eigenvalue weighted by Crippen LogP contribution is -2.52. The van der Waals surface area contributed by atoms with Crippen molar-refractivity contribution in [2.75, 3.05) is 6.61 Å². The zero-order chi connectivity index (χ0) is 16.5. The Hall–Kier alpha value is -1.43. The quantitative estimate of drug-likeness (QED) is 0.879. The topological polar surface area (TPSA) is 71.2 Å². The Kier molecular flexibility index (Phi) is 4.45. The van der Waals surface area contributed by atoms with Gasteiger partial charge >= 0.3 is 0 Å². The average molecular weight is 336 g/mol. The third-order valence-electron chi connectivity index (χ3n) is 5.38. The van der Waals surface area contributed by atoms with Gasteiger partial charge < -0.3 is 10.2 Å². The molecule has 0 amide bonds. The Morgan fingerprint density at radius 3 is 2.70 bits per heavy atom. The van der Waals surface area contributed by atoms with Gasteiger partial charge in [0.15, 0.2) is 0 Å². The molecule has 1 aromatic carbocycles. The van der Waals surface area contributed by atoms with E-state index in [1.165, 1.54) is 6.33 Å². The molecule has 0 radical (unpaired) electrons. The molecule has 2 N–H and O–H groups in total. The van der Waals surface area contributed by atoms with Crippen LogP contribution in [0.15, 0.2) is 36.9 Å². The van der Waals surface area contributed by atoms with Crippen molar-refractivity contribution in [3.63, 3.8) is 0 Å². The van der Waals surface area contributed by atoms with Crippen molar-refractivity contribution < 1.29 is 10.2 Å². The molecule has 3 rings (SSSR count). The van der Waals surface area contributed by atoms with E-state index in [1.807, 2.05) is 31.2 Å². The molecule has 1 saturated carbocycles. The molecule has 0 bridgehead atoms. The van der Waals surface area contributed by atoms with Gasteiger partial charge in [-0.3, -0.25) is 4.68 Å². The van der Waals surface area contributed by atoms with Crippen LogP contribution in [0.1, 0.15) is 25.3 Å². The van der Waals surface area contributed by atoms with E-state index in [2.05, 4.69) is 10.1 Å². The van der Waals surface area contributed by atoms with E-state index in [1.54, 1.807) is 11.0 Å². The minimum absolute atomic E-state index is 0.0463. The summed E-state index contributed by atoms with van der Waals surface area (Å²) in [4.78, 5) is 3.95. The summed E-state index contributed by atoms with van der Waals surface area (Å²) in [6.07, 6.45) is 5.46. The van der Waals surface area contributed by atoms with Crippen molar-refractivity contribution in [1.82, 2.24) is 14.8 Å². The van der Waals surface area contributed by atoms with Crippen LogP contribution in [0.3, 0.4) is 0 Å². The molecule has 1 fully saturated rings. The number of benzene rings is 1. The number of aromatic nitrogens is 3. The number of aliphatic hydroxyl groups is 2. The number of rotatable bonds is 5. The third kappa shape index (κ3) is 3.01. The van der Waals surface area contributed by atoms with Crippen LogP contribution >= 0.6 is 11.6 Å². The first-order chi connectivity index (χ1) is 11.0. The lowest BCUT2D eigenvalue weighted by atomic mass is 9.71. The molecule has 1 aliphatic carbocycles. The molecule has 2 aromatic rings. The summed E-state index contributed by atoms with van der Waals surface area (Å²) in [5.41, 5.74) is -0.441. The molecule has 5 nitrogen and oxygen atoms in total. The second-order valence-corrected chi connectivity index (χ2v) is 7.24. The molecule has 0 saturated heterocycles. The Morgan fingerprint density at radius 1 is 1.35 bits per heavy atom. The van der Waals surface area contributed by atoms with Gasteiger partial charge in [-0.1, -0.05) is 30.7 Å². The largest absolute Gasteiger partial charge is 0.396 e. The van der Waals surface area contributed by atoms with Crippen LogP contribution in [0.5, 0.6) is 0 Å². The predicted molar refractivity (Wildman–Crippen MR) is 88.0 cm³/mol. The molecule has 6 heteroatoms. The van der Waals surface area contributed by atoms with Gasteiger partial charge in [-0.15, -0.1) is 0 Å². The molecule has 0 aliphatic heterocycles. The predicted octanol–water partition coefficient (Wildman–Crippen LogP) is 2.31. The van der Waals surface area contributed by atoms with Gasteiger partial charge in [-0.2, -0.15) is 5.10 Å². The van der Waals surface area contributed by atoms with Crippen LogP contribution in [-0.2, 0) is 13.0 Å². The van der Waals surface area contributed by atoms with E-state index in [0.29, 0.717) is 11.6 Å². The monoisotopic (exact) mass is 335 g/mol. The number of halogens is 1. The van der Waals surface area contributed by atoms with E-state index >= 15 is 0 Å². The fourth-order valence-corrected chi connectivity index (χ4v) is 3.84. The van der Waals surface area contributed by atoms with Crippen LogP contribution in [-0.4, -0.2) is 37.2 Å². The lowest BCUT2D eigenvalue weighted by Gasteiger charge is -2.42. The summed E-state index contributed by atoms with van der Waals surface area (Å²) >= 11 is 5.95. The summed E-state index contributed by atoms with van der Waals surface area (Å²) in [5.74, 6) is 0.0463. The van der Waals surface area contributed by atoms with Crippen molar-refractivity contribution in [3.05, 3.63) is 47.5 Å². The summed E-state index contributed by atoms with van der Waals surface area (Å²) in [7, 11) is 0. The molecule has 1 aliphatic rings. The van der Waals surface area contributed by atoms with Gasteiger partial charge in [0, 0.05) is 10.4 Å². The summed E-state index contributed by atoms with van der Waals surface area (Å²) in [6, 6.07) is 7.72. The zero-order valence-corrected chi connectivity index (χ0v) is 13.9. The summed E-state index contributed by atoms with van der Waals surface area (Å²) in [5, 5.41) is 26.2. The van der Waals surface area contributed by atoms with Gasteiger partial charge in [-0.05, 0) is 42.9 Å². The second-order valence-electron chi connectivity index (χ2n) is 6.80. The Morgan fingerprint density at radius 2 is 2.09 bits per heavy atom. The van der Waals surface area contributed by atoms with E-state index < -0.39 is 11.0 Å². The highest BCUT2D eigenvalue weighted by molar-refractivity contribution is 6.30. The molecule has 0 unspecified atom stereocenters. The molecular weight excluding hydrogens is 314 g/mol. The van der Waals surface area contributed by atoms with Crippen molar-refractivity contribution in [3.8, 4) is 0 Å². The van der Waals surface area contributed by atoms with Crippen molar-refractivity contribution in [2.24, 2.45) is 11.3 Å². The Labute approximate surface area is 140 Å². The van der Waals surface area contributed by atoms with Crippen LogP contribution in [0.25, 0.3) is 0 Å². The van der Waals surface area contributed by atoms with Crippen LogP contribution < -0.4 is 0 Å². The molecule has 0 spiro atoms. The van der Waals surface area contributed by atoms with Gasteiger partial charge in [0.05, 0.1) is 18.8 Å². The molecule has 1 heterocycles. The molecule has 1 aromatic heterocycles. The van der Waals surface area contributed by atoms with E-state index in [0.717, 1.165) is 24.8 Å². The first kappa shape index (κ1) is 16.4. The fraction of sp³-hybridized carbons (Fsp3) is 0.529. The molecular formula is C17H22ClN3O2. The summed E-state index contributed by atoms with van der Waals surface area (Å²) in [6.45, 7) is 2.24. The lowest BCUT2D eigenvalue weighted by molar-refractivity contribution is -0.116. The normalized spacial score (nSPS) is 30.7. The van der Waals surface area contributed by atoms with Crippen molar-refractivity contribution in [1.29, 1.82) is 0 Å². The molecule has 124 valence electrons. The molecule has 23 heavy (non-hydrogen) atoms. The highest BCUT2D eigenvalue weighted by atomic mass is 35.5. The maximum absolute atomic E-state index is 11.5. The van der Waals surface area contributed by atoms with Gasteiger partial charge in [0.2, 0.25) is 0 Å². The zero-order valence-electron chi connectivity index (χ0n) is 13.2. The SMILES string of the molecule is C[C@]1(CO)CC[C@@H](Cc2ccc(Cl)cc2)[C@@]1(O)Cn1cncn1. The maximum Gasteiger partial charge on any atom is 0.137 e. The summed E-state index contributed by atoms with van der Waals surface area (Å²) < 4.78 is 1.65. The third-order valence-corrected chi connectivity index (χ3v) is 5.63. The van der Waals surface area contributed by atoms with Gasteiger partial charge in [0.25, 0.3) is 0 Å². The number of nitrogens with zero attached hydrogens (tertiary/aromatic N) is 3. The maximum atomic E-state index is 11.5. The average Bonchev–Trinajstić information content (AvgIpc) is 3.12. The number of hydrogen-bond donors (Lipinski definition) is 2. The van der Waals surface area contributed by atoms with E-state index in [4.69, 9.17) is 11.6 Å². The number of aliphatic hydroxyl groups excluding tert-OH is 1. The van der Waals surface area contributed by atoms with Crippen molar-refractivity contribution >= 4 is 11.6 Å². The first-order valence-electron chi connectivity index (χ1n) is 7.87. The standard InChI is InChI=1S/C17H22ClN3O2/c1-16(10-22)7-6-14(8-13-2-4-15(18)5-3-13)17(16,23)9-21-12-19-11-20-21/h2-5,11-12,14,22-23H,6-10H2,1H3/t14-,16+,17-/m0/s1. The highest BCUT2D eigenvalue weighted by Gasteiger charge is 2.56. The van der Waals surface area contributed by atoms with E-state index in [9.17, 15) is 10.2 Å². The first-order valence-corrected chi connectivity index (χ1v) is 8.25. The Bertz CT molecular complexity index is 646. The minimum Gasteiger partial charge on any atom is -0.396 e. The fourth-order valence-electron chi connectivity index (χ4n) is 3.71. The van der Waals surface area contributed by atoms with Gasteiger partial charge in [-0.25, -0.2) is 4.98 Å². The highest BCUT2D eigenvalue weighted by Crippen LogP contribution is 2.51. The second kappa shape index (κ2) is 6.23. The minimum atomic E-state index is -1.03. The number of hydrogen-bond acceptors (Lipinski definition) is 4. The van der Waals surface area contributed by atoms with Crippen molar-refractivity contribution in [2.45, 2.75) is 38.3 Å². The molecule has 3 atom stereocenters. The van der Waals surface area contributed by atoms with Crippen LogP contribution in [0, 0.1) is 11.3 Å². The smallest absolute Gasteiger partial charge is 0.137 e. The Balaban J connectivity index is 1.87. The van der Waals surface area contributed by atoms with Gasteiger partial charge in [0.1, 0.15) is 12.7 Å². The van der Waals surface area contributed by atoms with E-state index in [-0.39, 0.29) is 12.5 Å². The van der Waals surface area contributed by atoms with Crippen LogP contribution in [0.2, 0.25) is 5.02 Å². The van der Waals surface area contributed by atoms with Crippen LogP contribution in [0.4, 0.5) is 0 Å².